The van der Waals surface area contributed by atoms with Gasteiger partial charge in [0, 0.05) is 24.1 Å². The number of nitrogens with one attached hydrogen (secondary N) is 1. The van der Waals surface area contributed by atoms with E-state index >= 15 is 0 Å². The van der Waals surface area contributed by atoms with E-state index in [9.17, 15) is 5.26 Å². The molecule has 0 saturated heterocycles. The second-order valence-electron chi connectivity index (χ2n) is 5.99. The number of nitriles is 1. The Morgan fingerprint density at radius 2 is 1.73 bits per heavy atom. The number of benzene rings is 1. The van der Waals surface area contributed by atoms with Crippen LogP contribution in [-0.2, 0) is 0 Å². The van der Waals surface area contributed by atoms with E-state index < -0.39 is 0 Å². The van der Waals surface area contributed by atoms with E-state index in [2.05, 4.69) is 15.3 Å². The molecule has 0 bridgehead atoms. The first-order valence-corrected chi connectivity index (χ1v) is 8.21. The minimum atomic E-state index is -0.108. The van der Waals surface area contributed by atoms with Gasteiger partial charge in [0.2, 0.25) is 5.88 Å². The van der Waals surface area contributed by atoms with Gasteiger partial charge >= 0.3 is 0 Å². The summed E-state index contributed by atoms with van der Waals surface area (Å²) < 4.78 is 5.61. The van der Waals surface area contributed by atoms with Crippen molar-refractivity contribution < 1.29 is 4.74 Å². The highest BCUT2D eigenvalue weighted by molar-refractivity contribution is 5.70. The quantitative estimate of drug-likeness (QED) is 0.722. The molecule has 2 heterocycles. The fourth-order valence-electron chi connectivity index (χ4n) is 2.46. The lowest BCUT2D eigenvalue weighted by Crippen LogP contribution is -2.10. The summed E-state index contributed by atoms with van der Waals surface area (Å²) in [6, 6.07) is 15.5. The third-order valence-electron chi connectivity index (χ3n) is 3.65. The summed E-state index contributed by atoms with van der Waals surface area (Å²) >= 11 is 0. The number of nitrogens with two attached hydrogens (primary N) is 1. The molecule has 0 aliphatic heterocycles. The van der Waals surface area contributed by atoms with Crippen molar-refractivity contribution in [3.8, 4) is 23.1 Å². The lowest BCUT2D eigenvalue weighted by atomic mass is 10.1. The smallest absolute Gasteiger partial charge is 0.236 e. The average Bonchev–Trinajstić information content (AvgIpc) is 2.62. The number of hydrogen-bond donors (Lipinski definition) is 2. The minimum Gasteiger partial charge on any atom is -0.474 e. The van der Waals surface area contributed by atoms with Gasteiger partial charge < -0.3 is 15.8 Å². The van der Waals surface area contributed by atoms with Crippen molar-refractivity contribution in [2.75, 3.05) is 11.1 Å². The minimum absolute atomic E-state index is 0.108. The topological polar surface area (TPSA) is 96.8 Å². The molecule has 0 spiro atoms. The van der Waals surface area contributed by atoms with E-state index in [1.165, 1.54) is 0 Å². The van der Waals surface area contributed by atoms with Gasteiger partial charge in [-0.3, -0.25) is 4.98 Å². The zero-order valence-electron chi connectivity index (χ0n) is 14.6. The first kappa shape index (κ1) is 17.2. The molecule has 0 saturated carbocycles. The molecule has 0 amide bonds. The third kappa shape index (κ3) is 3.90. The molecule has 26 heavy (non-hydrogen) atoms. The van der Waals surface area contributed by atoms with Crippen LogP contribution in [0.2, 0.25) is 0 Å². The molecule has 3 N–H and O–H groups in total. The molecule has 0 radical (unpaired) electrons. The van der Waals surface area contributed by atoms with Crippen LogP contribution in [-0.4, -0.2) is 16.1 Å². The van der Waals surface area contributed by atoms with Gasteiger partial charge in [-0.05, 0) is 49.2 Å². The zero-order valence-corrected chi connectivity index (χ0v) is 14.6. The number of aromatic nitrogens is 2. The van der Waals surface area contributed by atoms with Crippen LogP contribution in [0.3, 0.4) is 0 Å². The highest BCUT2D eigenvalue weighted by atomic mass is 16.5. The maximum absolute atomic E-state index is 9.26. The van der Waals surface area contributed by atoms with Gasteiger partial charge in [-0.15, -0.1) is 0 Å². The molecule has 1 aromatic carbocycles. The normalized spacial score (nSPS) is 10.4. The number of rotatable bonds is 5. The van der Waals surface area contributed by atoms with Crippen LogP contribution in [0.25, 0.3) is 11.1 Å². The molecule has 0 fully saturated rings. The Hall–Kier alpha value is -3.59. The van der Waals surface area contributed by atoms with Crippen molar-refractivity contribution >= 4 is 17.2 Å². The summed E-state index contributed by atoms with van der Waals surface area (Å²) in [7, 11) is 0. The molecule has 0 atom stereocenters. The molecule has 6 nitrogen and oxygen atoms in total. The van der Waals surface area contributed by atoms with Crippen LogP contribution in [0.4, 0.5) is 17.2 Å². The maximum atomic E-state index is 9.26. The van der Waals surface area contributed by atoms with Gasteiger partial charge in [-0.25, -0.2) is 0 Å². The highest BCUT2D eigenvalue weighted by Crippen LogP contribution is 2.28. The van der Waals surface area contributed by atoms with Gasteiger partial charge in [0.05, 0.1) is 11.8 Å². The average molecular weight is 345 g/mol. The molecular formula is C20H19N5O. The number of hydrogen-bond acceptors (Lipinski definition) is 6. The fourth-order valence-corrected chi connectivity index (χ4v) is 2.46. The summed E-state index contributed by atoms with van der Waals surface area (Å²) in [5.41, 5.74) is 9.59. The van der Waals surface area contributed by atoms with Crippen LogP contribution in [0, 0.1) is 11.3 Å². The van der Waals surface area contributed by atoms with E-state index in [-0.39, 0.29) is 17.5 Å². The van der Waals surface area contributed by atoms with E-state index in [1.807, 2.05) is 56.3 Å². The van der Waals surface area contributed by atoms with Crippen LogP contribution in [0.15, 0.2) is 54.9 Å². The highest BCUT2D eigenvalue weighted by Gasteiger charge is 2.13. The van der Waals surface area contributed by atoms with E-state index in [1.54, 1.807) is 18.5 Å². The molecule has 2 aromatic heterocycles. The molecule has 0 unspecified atom stereocenters. The Kier molecular flexibility index (Phi) is 4.99. The second-order valence-corrected chi connectivity index (χ2v) is 5.99. The van der Waals surface area contributed by atoms with Crippen molar-refractivity contribution in [3.63, 3.8) is 0 Å². The van der Waals surface area contributed by atoms with Gasteiger partial charge in [0.25, 0.3) is 0 Å². The van der Waals surface area contributed by atoms with E-state index in [4.69, 9.17) is 10.5 Å². The second kappa shape index (κ2) is 7.53. The Morgan fingerprint density at radius 1 is 1.08 bits per heavy atom. The van der Waals surface area contributed by atoms with Gasteiger partial charge in [-0.2, -0.15) is 10.2 Å². The maximum Gasteiger partial charge on any atom is 0.236 e. The Morgan fingerprint density at radius 3 is 2.35 bits per heavy atom. The van der Waals surface area contributed by atoms with Crippen molar-refractivity contribution in [3.05, 3.63) is 60.4 Å². The first-order valence-electron chi connectivity index (χ1n) is 8.21. The van der Waals surface area contributed by atoms with Crippen LogP contribution >= 0.6 is 0 Å². The van der Waals surface area contributed by atoms with Crippen molar-refractivity contribution in [2.45, 2.75) is 20.0 Å². The summed E-state index contributed by atoms with van der Waals surface area (Å²) in [5, 5.41) is 12.5. The van der Waals surface area contributed by atoms with Crippen LogP contribution in [0.1, 0.15) is 19.4 Å². The predicted octanol–water partition coefficient (Wildman–Crippen LogP) is 4.13. The monoisotopic (exact) mass is 345 g/mol. The number of nitrogen functional groups attached to an aromatic ring is 1. The van der Waals surface area contributed by atoms with Gasteiger partial charge in [0.15, 0.2) is 0 Å². The predicted molar refractivity (Wildman–Crippen MR) is 102 cm³/mol. The summed E-state index contributed by atoms with van der Waals surface area (Å²) in [5.74, 6) is 0.757. The lowest BCUT2D eigenvalue weighted by molar-refractivity contribution is 0.232. The fraction of sp³-hybridized carbons (Fsp3) is 0.150. The molecule has 3 rings (SSSR count). The molecular weight excluding hydrogens is 326 g/mol. The van der Waals surface area contributed by atoms with Crippen LogP contribution in [0.5, 0.6) is 5.88 Å². The Balaban J connectivity index is 1.85. The third-order valence-corrected chi connectivity index (χ3v) is 3.65. The van der Waals surface area contributed by atoms with Crippen molar-refractivity contribution in [1.82, 2.24) is 9.97 Å². The number of nitrogens with zero attached hydrogens (tertiary/aromatic N) is 3. The van der Waals surface area contributed by atoms with Crippen LogP contribution < -0.4 is 15.8 Å². The standard InChI is InChI=1S/C20H19N5O/c1-13(2)26-20-17(12-21)18(22)11-19(25-20)24-16-5-3-14(4-6-16)15-7-9-23-10-8-15/h3-11,13H,1-2H3,(H3,22,24,25). The summed E-state index contributed by atoms with van der Waals surface area (Å²) in [6.45, 7) is 3.74. The number of ether oxygens (including phenoxy) is 1. The molecule has 3 aromatic rings. The summed E-state index contributed by atoms with van der Waals surface area (Å²) in [6.07, 6.45) is 3.42. The number of anilines is 3. The number of pyridine rings is 2. The largest absolute Gasteiger partial charge is 0.474 e. The van der Waals surface area contributed by atoms with Gasteiger partial charge in [0.1, 0.15) is 17.5 Å². The Bertz CT molecular complexity index is 931. The van der Waals surface area contributed by atoms with Gasteiger partial charge in [-0.1, -0.05) is 12.1 Å². The Labute approximate surface area is 152 Å². The first-order chi connectivity index (χ1) is 12.6. The van der Waals surface area contributed by atoms with Crippen molar-refractivity contribution in [2.24, 2.45) is 0 Å². The SMILES string of the molecule is CC(C)Oc1nc(Nc2ccc(-c3ccncc3)cc2)cc(N)c1C#N. The summed E-state index contributed by atoms with van der Waals surface area (Å²) in [4.78, 5) is 8.40. The van der Waals surface area contributed by atoms with Crippen molar-refractivity contribution in [1.29, 1.82) is 5.26 Å². The zero-order chi connectivity index (χ0) is 18.5. The lowest BCUT2D eigenvalue weighted by Gasteiger charge is -2.14. The molecule has 0 aliphatic rings. The molecule has 130 valence electrons. The molecule has 6 heteroatoms. The van der Waals surface area contributed by atoms with E-state index in [0.717, 1.165) is 16.8 Å². The van der Waals surface area contributed by atoms with E-state index in [0.29, 0.717) is 11.5 Å². The molecule has 0 aliphatic carbocycles.